The van der Waals surface area contributed by atoms with Gasteiger partial charge in [0.05, 0.1) is 11.0 Å². The molecule has 0 amide bonds. The molecule has 0 bridgehead atoms. The van der Waals surface area contributed by atoms with E-state index in [4.69, 9.17) is 19.9 Å². The summed E-state index contributed by atoms with van der Waals surface area (Å²) >= 11 is 0. The fraction of sp³-hybridized carbons (Fsp3) is 0.0612. The third kappa shape index (κ3) is 5.24. The molecule has 1 aliphatic carbocycles. The van der Waals surface area contributed by atoms with E-state index in [2.05, 4.69) is 176 Å². The third-order valence-corrected chi connectivity index (χ3v) is 10.7. The molecule has 256 valence electrons. The number of hydrogen-bond donors (Lipinski definition) is 0. The van der Waals surface area contributed by atoms with Crippen LogP contribution in [0.3, 0.4) is 0 Å². The van der Waals surface area contributed by atoms with E-state index < -0.39 is 0 Å². The summed E-state index contributed by atoms with van der Waals surface area (Å²) in [5.41, 5.74) is 13.9. The van der Waals surface area contributed by atoms with E-state index in [9.17, 15) is 0 Å². The standard InChI is InChI=1S/C49H35N5/c1-49(2)40-26-10-9-24-38(40)44-39(25-15-27-41(44)49)47-52-45(35-21-13-20-34(30-35)32-16-5-3-6-17-32)51-46(53-47)36-22-14-23-37(31-36)54-43-29-12-11-28-42(43)50-48(54)33-18-7-4-8-19-33/h3-31H,1-2H3. The number of imidazole rings is 1. The van der Waals surface area contributed by atoms with Crippen molar-refractivity contribution in [3.8, 4) is 73.5 Å². The third-order valence-electron chi connectivity index (χ3n) is 10.7. The summed E-state index contributed by atoms with van der Waals surface area (Å²) in [6.45, 7) is 4.60. The van der Waals surface area contributed by atoms with Crippen LogP contribution >= 0.6 is 0 Å². The Bertz CT molecular complexity index is 2850. The second-order valence-corrected chi connectivity index (χ2v) is 14.3. The molecule has 0 saturated heterocycles. The minimum absolute atomic E-state index is 0.150. The van der Waals surface area contributed by atoms with E-state index in [1.54, 1.807) is 0 Å². The van der Waals surface area contributed by atoms with Gasteiger partial charge < -0.3 is 0 Å². The van der Waals surface area contributed by atoms with E-state index in [0.717, 1.165) is 55.9 Å². The van der Waals surface area contributed by atoms with Gasteiger partial charge in [-0.1, -0.05) is 159 Å². The lowest BCUT2D eigenvalue weighted by Crippen LogP contribution is -2.14. The number of rotatable bonds is 6. The molecule has 7 aromatic carbocycles. The van der Waals surface area contributed by atoms with Crippen molar-refractivity contribution < 1.29 is 0 Å². The van der Waals surface area contributed by atoms with Gasteiger partial charge in [-0.3, -0.25) is 4.57 Å². The highest BCUT2D eigenvalue weighted by Crippen LogP contribution is 2.51. The molecule has 0 unspecified atom stereocenters. The van der Waals surface area contributed by atoms with Crippen molar-refractivity contribution in [2.24, 2.45) is 0 Å². The number of para-hydroxylation sites is 2. The molecule has 0 atom stereocenters. The topological polar surface area (TPSA) is 56.5 Å². The molecule has 0 saturated carbocycles. The number of benzene rings is 7. The zero-order valence-electron chi connectivity index (χ0n) is 30.0. The van der Waals surface area contributed by atoms with Crippen LogP contribution in [0.1, 0.15) is 25.0 Å². The highest BCUT2D eigenvalue weighted by atomic mass is 15.1. The van der Waals surface area contributed by atoms with Crippen molar-refractivity contribution in [1.82, 2.24) is 24.5 Å². The van der Waals surface area contributed by atoms with Gasteiger partial charge in [-0.15, -0.1) is 0 Å². The van der Waals surface area contributed by atoms with Crippen molar-refractivity contribution in [3.63, 3.8) is 0 Å². The van der Waals surface area contributed by atoms with Crippen molar-refractivity contribution in [2.45, 2.75) is 19.3 Å². The van der Waals surface area contributed by atoms with E-state index in [-0.39, 0.29) is 5.41 Å². The largest absolute Gasteiger partial charge is 0.292 e. The maximum atomic E-state index is 5.30. The second-order valence-electron chi connectivity index (χ2n) is 14.3. The molecule has 54 heavy (non-hydrogen) atoms. The van der Waals surface area contributed by atoms with Crippen LogP contribution in [-0.4, -0.2) is 24.5 Å². The molecule has 5 heteroatoms. The van der Waals surface area contributed by atoms with Crippen LogP contribution in [0.5, 0.6) is 0 Å². The average Bonchev–Trinajstić information content (AvgIpc) is 3.74. The summed E-state index contributed by atoms with van der Waals surface area (Å²) in [5.74, 6) is 2.76. The second kappa shape index (κ2) is 12.6. The summed E-state index contributed by atoms with van der Waals surface area (Å²) in [4.78, 5) is 20.9. The summed E-state index contributed by atoms with van der Waals surface area (Å²) in [6, 6.07) is 61.2. The highest BCUT2D eigenvalue weighted by molar-refractivity contribution is 5.91. The van der Waals surface area contributed by atoms with Gasteiger partial charge in [0.1, 0.15) is 5.82 Å². The molecule has 5 nitrogen and oxygen atoms in total. The molecule has 9 aromatic rings. The number of fused-ring (bicyclic) bond motifs is 4. The average molecular weight is 694 g/mol. The first kappa shape index (κ1) is 31.7. The van der Waals surface area contributed by atoms with E-state index >= 15 is 0 Å². The highest BCUT2D eigenvalue weighted by Gasteiger charge is 2.37. The van der Waals surface area contributed by atoms with Gasteiger partial charge in [-0.05, 0) is 63.7 Å². The molecule has 0 fully saturated rings. The molecule has 0 N–H and O–H groups in total. The molecule has 1 aliphatic rings. The normalized spacial score (nSPS) is 12.8. The van der Waals surface area contributed by atoms with Crippen molar-refractivity contribution in [1.29, 1.82) is 0 Å². The Labute approximate surface area is 314 Å². The molecule has 2 heterocycles. The maximum absolute atomic E-state index is 5.30. The van der Waals surface area contributed by atoms with Crippen LogP contribution in [0.2, 0.25) is 0 Å². The molecule has 0 aliphatic heterocycles. The van der Waals surface area contributed by atoms with Crippen LogP contribution in [0.15, 0.2) is 176 Å². The van der Waals surface area contributed by atoms with Crippen LogP contribution in [0, 0.1) is 0 Å². The van der Waals surface area contributed by atoms with Gasteiger partial charge in [0.2, 0.25) is 0 Å². The first-order chi connectivity index (χ1) is 26.5. The fourth-order valence-electron chi connectivity index (χ4n) is 8.02. The van der Waals surface area contributed by atoms with Crippen molar-refractivity contribution >= 4 is 11.0 Å². The molecular formula is C49H35N5. The SMILES string of the molecule is CC1(C)c2ccccc2-c2c(-c3nc(-c4cccc(-c5ccccc5)c4)nc(-c4cccc(-n5c(-c6ccccc6)nc6ccccc65)c4)n3)cccc21. The van der Waals surface area contributed by atoms with Crippen LogP contribution in [-0.2, 0) is 5.41 Å². The molecule has 10 rings (SSSR count). The van der Waals surface area contributed by atoms with E-state index in [1.807, 2.05) is 18.2 Å². The van der Waals surface area contributed by atoms with Gasteiger partial charge in [-0.25, -0.2) is 19.9 Å². The Morgan fingerprint density at radius 3 is 1.76 bits per heavy atom. The fourth-order valence-corrected chi connectivity index (χ4v) is 8.02. The summed E-state index contributed by atoms with van der Waals surface area (Å²) < 4.78 is 2.23. The van der Waals surface area contributed by atoms with Crippen LogP contribution < -0.4 is 0 Å². The Morgan fingerprint density at radius 2 is 0.963 bits per heavy atom. The quantitative estimate of drug-likeness (QED) is 0.174. The van der Waals surface area contributed by atoms with Crippen LogP contribution in [0.4, 0.5) is 0 Å². The predicted octanol–water partition coefficient (Wildman–Crippen LogP) is 11.9. The lowest BCUT2D eigenvalue weighted by molar-refractivity contribution is 0.660. The molecule has 0 radical (unpaired) electrons. The van der Waals surface area contributed by atoms with Crippen LogP contribution in [0.25, 0.3) is 84.5 Å². The van der Waals surface area contributed by atoms with Crippen molar-refractivity contribution in [3.05, 3.63) is 187 Å². The lowest BCUT2D eigenvalue weighted by atomic mass is 9.82. The predicted molar refractivity (Wildman–Crippen MR) is 219 cm³/mol. The van der Waals surface area contributed by atoms with Gasteiger partial charge in [0.15, 0.2) is 17.5 Å². The lowest BCUT2D eigenvalue weighted by Gasteiger charge is -2.21. The zero-order valence-corrected chi connectivity index (χ0v) is 30.0. The number of aromatic nitrogens is 5. The van der Waals surface area contributed by atoms with Gasteiger partial charge in [0, 0.05) is 33.4 Å². The minimum Gasteiger partial charge on any atom is -0.292 e. The molecule has 2 aromatic heterocycles. The van der Waals surface area contributed by atoms with Gasteiger partial charge >= 0.3 is 0 Å². The monoisotopic (exact) mass is 693 g/mol. The smallest absolute Gasteiger partial charge is 0.164 e. The molecular weight excluding hydrogens is 659 g/mol. The first-order valence-corrected chi connectivity index (χ1v) is 18.3. The Balaban J connectivity index is 1.19. The van der Waals surface area contributed by atoms with Gasteiger partial charge in [0.25, 0.3) is 0 Å². The summed E-state index contributed by atoms with van der Waals surface area (Å²) in [6.07, 6.45) is 0. The Hall–Kier alpha value is -6.98. The number of hydrogen-bond acceptors (Lipinski definition) is 4. The molecule has 0 spiro atoms. The minimum atomic E-state index is -0.150. The Kier molecular flexibility index (Phi) is 7.41. The first-order valence-electron chi connectivity index (χ1n) is 18.3. The number of nitrogens with zero attached hydrogens (tertiary/aromatic N) is 5. The van der Waals surface area contributed by atoms with Gasteiger partial charge in [-0.2, -0.15) is 0 Å². The van der Waals surface area contributed by atoms with E-state index in [1.165, 1.54) is 22.3 Å². The zero-order chi connectivity index (χ0) is 36.2. The van der Waals surface area contributed by atoms with E-state index in [0.29, 0.717) is 17.5 Å². The summed E-state index contributed by atoms with van der Waals surface area (Å²) in [7, 11) is 0. The maximum Gasteiger partial charge on any atom is 0.164 e. The van der Waals surface area contributed by atoms with Crippen molar-refractivity contribution in [2.75, 3.05) is 0 Å². The summed E-state index contributed by atoms with van der Waals surface area (Å²) in [5, 5.41) is 0. The Morgan fingerprint density at radius 1 is 0.407 bits per heavy atom.